The Bertz CT molecular complexity index is 612. The van der Waals surface area contributed by atoms with Crippen LogP contribution in [0.4, 0.5) is 11.4 Å². The molecule has 1 atom stereocenters. The quantitative estimate of drug-likeness (QED) is 0.427. The number of amides is 2. The van der Waals surface area contributed by atoms with Crippen LogP contribution < -0.4 is 16.4 Å². The van der Waals surface area contributed by atoms with Crippen molar-refractivity contribution in [3.8, 4) is 0 Å². The number of ether oxygens (including phenoxy) is 1. The van der Waals surface area contributed by atoms with Crippen molar-refractivity contribution in [2.24, 2.45) is 0 Å². The molecule has 1 aliphatic rings. The van der Waals surface area contributed by atoms with Gasteiger partial charge in [0.15, 0.2) is 0 Å². The summed E-state index contributed by atoms with van der Waals surface area (Å²) in [6.07, 6.45) is 0.683. The first-order valence-corrected chi connectivity index (χ1v) is 6.51. The van der Waals surface area contributed by atoms with Gasteiger partial charge >= 0.3 is 5.97 Å². The van der Waals surface area contributed by atoms with Gasteiger partial charge in [-0.3, -0.25) is 14.9 Å². The van der Waals surface area contributed by atoms with Crippen molar-refractivity contribution in [3.63, 3.8) is 0 Å². The fraction of sp³-hybridized carbons (Fsp3) is 0.357. The summed E-state index contributed by atoms with van der Waals surface area (Å²) in [7, 11) is 1.28. The van der Waals surface area contributed by atoms with E-state index in [4.69, 9.17) is 5.73 Å². The molecule has 1 aromatic carbocycles. The molecule has 1 unspecified atom stereocenters. The van der Waals surface area contributed by atoms with Gasteiger partial charge in [0.1, 0.15) is 6.04 Å². The number of anilines is 2. The first-order valence-electron chi connectivity index (χ1n) is 6.51. The molecule has 0 spiro atoms. The van der Waals surface area contributed by atoms with E-state index in [0.717, 1.165) is 0 Å². The van der Waals surface area contributed by atoms with E-state index in [0.29, 0.717) is 23.4 Å². The Hall–Kier alpha value is -2.57. The highest BCUT2D eigenvalue weighted by Gasteiger charge is 2.26. The van der Waals surface area contributed by atoms with Crippen LogP contribution in [0.15, 0.2) is 12.1 Å². The van der Waals surface area contributed by atoms with Gasteiger partial charge in [-0.05, 0) is 31.0 Å². The molecule has 0 aliphatic carbocycles. The zero-order chi connectivity index (χ0) is 15.6. The van der Waals surface area contributed by atoms with Crippen molar-refractivity contribution in [2.45, 2.75) is 25.8 Å². The third-order valence-electron chi connectivity index (χ3n) is 3.37. The number of benzene rings is 1. The topological polar surface area (TPSA) is 111 Å². The number of carbonyl (C=O) groups excluding carboxylic acids is 3. The summed E-state index contributed by atoms with van der Waals surface area (Å²) >= 11 is 0. The van der Waals surface area contributed by atoms with Gasteiger partial charge < -0.3 is 15.8 Å². The Morgan fingerprint density at radius 3 is 2.76 bits per heavy atom. The number of piperidine rings is 1. The average molecular weight is 291 g/mol. The van der Waals surface area contributed by atoms with E-state index in [9.17, 15) is 14.4 Å². The van der Waals surface area contributed by atoms with E-state index in [2.05, 4.69) is 15.4 Å². The second-order valence-electron chi connectivity index (χ2n) is 4.89. The van der Waals surface area contributed by atoms with Gasteiger partial charge in [0.25, 0.3) is 0 Å². The van der Waals surface area contributed by atoms with Crippen LogP contribution in [0.1, 0.15) is 28.8 Å². The van der Waals surface area contributed by atoms with Crippen LogP contribution in [0.5, 0.6) is 0 Å². The maximum absolute atomic E-state index is 11.7. The van der Waals surface area contributed by atoms with Crippen LogP contribution in [-0.2, 0) is 14.3 Å². The number of rotatable bonds is 3. The third kappa shape index (κ3) is 3.13. The summed E-state index contributed by atoms with van der Waals surface area (Å²) < 4.78 is 4.68. The second kappa shape index (κ2) is 5.82. The van der Waals surface area contributed by atoms with E-state index < -0.39 is 12.0 Å². The fourth-order valence-corrected chi connectivity index (χ4v) is 2.19. The van der Waals surface area contributed by atoms with E-state index in [1.807, 2.05) is 0 Å². The summed E-state index contributed by atoms with van der Waals surface area (Å²) in [5.41, 5.74) is 7.72. The number of esters is 1. The largest absolute Gasteiger partial charge is 0.465 e. The minimum Gasteiger partial charge on any atom is -0.465 e. The van der Waals surface area contributed by atoms with Gasteiger partial charge in [0, 0.05) is 17.8 Å². The Morgan fingerprint density at radius 1 is 1.43 bits per heavy atom. The molecule has 1 heterocycles. The van der Waals surface area contributed by atoms with Gasteiger partial charge in [-0.25, -0.2) is 4.79 Å². The van der Waals surface area contributed by atoms with Gasteiger partial charge in [-0.1, -0.05) is 0 Å². The van der Waals surface area contributed by atoms with Crippen molar-refractivity contribution >= 4 is 29.2 Å². The van der Waals surface area contributed by atoms with Crippen molar-refractivity contribution in [1.29, 1.82) is 0 Å². The number of hydrogen-bond donors (Lipinski definition) is 3. The number of nitrogens with two attached hydrogens (primary N) is 1. The standard InChI is InChI=1S/C14H17N3O4/c1-7-5-8(6-9(12(7)15)14(20)21-2)16-10-3-4-11(18)17-13(10)19/h5-6,10,16H,3-4,15H2,1-2H3,(H,17,18,19). The molecule has 1 fully saturated rings. The van der Waals surface area contributed by atoms with Gasteiger partial charge in [0.05, 0.1) is 12.7 Å². The molecule has 2 amide bonds. The van der Waals surface area contributed by atoms with Crippen LogP contribution in [0, 0.1) is 6.92 Å². The maximum Gasteiger partial charge on any atom is 0.340 e. The predicted molar refractivity (Wildman–Crippen MR) is 76.7 cm³/mol. The van der Waals surface area contributed by atoms with E-state index in [1.165, 1.54) is 13.2 Å². The van der Waals surface area contributed by atoms with Crippen molar-refractivity contribution in [3.05, 3.63) is 23.3 Å². The summed E-state index contributed by atoms with van der Waals surface area (Å²) in [6, 6.07) is 2.76. The van der Waals surface area contributed by atoms with Crippen molar-refractivity contribution in [2.75, 3.05) is 18.2 Å². The molecule has 7 nitrogen and oxygen atoms in total. The van der Waals surface area contributed by atoms with Crippen LogP contribution in [-0.4, -0.2) is 30.9 Å². The molecule has 0 bridgehead atoms. The molecule has 0 radical (unpaired) electrons. The maximum atomic E-state index is 11.7. The summed E-state index contributed by atoms with van der Waals surface area (Å²) in [5.74, 6) is -1.19. The molecular formula is C14H17N3O4. The first kappa shape index (κ1) is 14.8. The van der Waals surface area contributed by atoms with Gasteiger partial charge in [-0.2, -0.15) is 0 Å². The number of imide groups is 1. The SMILES string of the molecule is COC(=O)c1cc(NC2CCC(=O)NC2=O)cc(C)c1N. The predicted octanol–water partition coefficient (Wildman–Crippen LogP) is 0.581. The lowest BCUT2D eigenvalue weighted by atomic mass is 10.0. The number of nitrogens with one attached hydrogen (secondary N) is 2. The summed E-state index contributed by atoms with van der Waals surface area (Å²) in [6.45, 7) is 1.76. The zero-order valence-electron chi connectivity index (χ0n) is 11.9. The number of hydrogen-bond acceptors (Lipinski definition) is 6. The van der Waals surface area contributed by atoms with Crippen molar-refractivity contribution in [1.82, 2.24) is 5.32 Å². The van der Waals surface area contributed by atoms with Crippen LogP contribution >= 0.6 is 0 Å². The molecule has 0 aromatic heterocycles. The lowest BCUT2D eigenvalue weighted by molar-refractivity contribution is -0.133. The normalized spacial score (nSPS) is 18.1. The smallest absolute Gasteiger partial charge is 0.340 e. The summed E-state index contributed by atoms with van der Waals surface area (Å²) in [4.78, 5) is 34.5. The van der Waals surface area contributed by atoms with Crippen molar-refractivity contribution < 1.29 is 19.1 Å². The van der Waals surface area contributed by atoms with Gasteiger partial charge in [0.2, 0.25) is 11.8 Å². The molecule has 1 saturated heterocycles. The lowest BCUT2D eigenvalue weighted by Gasteiger charge is -2.23. The van der Waals surface area contributed by atoms with E-state index >= 15 is 0 Å². The molecule has 1 aromatic rings. The zero-order valence-corrected chi connectivity index (χ0v) is 11.9. The van der Waals surface area contributed by atoms with Crippen LogP contribution in [0.3, 0.4) is 0 Å². The molecule has 112 valence electrons. The molecule has 21 heavy (non-hydrogen) atoms. The highest BCUT2D eigenvalue weighted by molar-refractivity contribution is 6.02. The monoisotopic (exact) mass is 291 g/mol. The number of aryl methyl sites for hydroxylation is 1. The number of methoxy groups -OCH3 is 1. The van der Waals surface area contributed by atoms with E-state index in [-0.39, 0.29) is 23.8 Å². The molecule has 0 saturated carbocycles. The van der Waals surface area contributed by atoms with Crippen LogP contribution in [0.25, 0.3) is 0 Å². The number of carbonyl (C=O) groups is 3. The average Bonchev–Trinajstić information content (AvgIpc) is 2.44. The Balaban J connectivity index is 2.24. The first-order chi connectivity index (χ1) is 9.92. The minimum absolute atomic E-state index is 0.243. The molecule has 7 heteroatoms. The Labute approximate surface area is 121 Å². The molecule has 2 rings (SSSR count). The summed E-state index contributed by atoms with van der Waals surface area (Å²) in [5, 5.41) is 5.28. The van der Waals surface area contributed by atoms with Crippen LogP contribution in [0.2, 0.25) is 0 Å². The van der Waals surface area contributed by atoms with Gasteiger partial charge in [-0.15, -0.1) is 0 Å². The minimum atomic E-state index is -0.539. The van der Waals surface area contributed by atoms with E-state index in [1.54, 1.807) is 13.0 Å². The highest BCUT2D eigenvalue weighted by Crippen LogP contribution is 2.25. The molecule has 1 aliphatic heterocycles. The lowest BCUT2D eigenvalue weighted by Crippen LogP contribution is -2.47. The Kier molecular flexibility index (Phi) is 4.11. The highest BCUT2D eigenvalue weighted by atomic mass is 16.5. The second-order valence-corrected chi connectivity index (χ2v) is 4.89. The molecule has 4 N–H and O–H groups in total. The third-order valence-corrected chi connectivity index (χ3v) is 3.37. The fourth-order valence-electron chi connectivity index (χ4n) is 2.19. The molecular weight excluding hydrogens is 274 g/mol. The number of nitrogen functional groups attached to an aromatic ring is 1. The Morgan fingerprint density at radius 2 is 2.14 bits per heavy atom.